The van der Waals surface area contributed by atoms with Crippen LogP contribution in [0.4, 0.5) is 0 Å². The lowest BCUT2D eigenvalue weighted by Crippen LogP contribution is -2.51. The molecule has 1 aliphatic carbocycles. The van der Waals surface area contributed by atoms with E-state index in [9.17, 15) is 14.4 Å². The summed E-state index contributed by atoms with van der Waals surface area (Å²) in [6, 6.07) is 2.77. The standard InChI is InChI=1S/C17H22N2O4S/c1-24-10-14(15(20)18-9-11-5-4-8-23-11)19-16(21)12-6-2-3-7-13(12)17(19)22/h4-5,8,12-14H,2-3,6-7,9-10H2,1H3,(H,18,20). The fraction of sp³-hybridized carbons (Fsp3) is 0.588. The zero-order chi connectivity index (χ0) is 17.1. The molecular formula is C17H22N2O4S. The van der Waals surface area contributed by atoms with E-state index in [-0.39, 0.29) is 36.1 Å². The van der Waals surface area contributed by atoms with Crippen molar-refractivity contribution in [2.75, 3.05) is 12.0 Å². The van der Waals surface area contributed by atoms with Gasteiger partial charge in [-0.2, -0.15) is 11.8 Å². The van der Waals surface area contributed by atoms with Gasteiger partial charge in [-0.05, 0) is 31.2 Å². The van der Waals surface area contributed by atoms with Crippen molar-refractivity contribution in [3.63, 3.8) is 0 Å². The molecular weight excluding hydrogens is 328 g/mol. The molecule has 2 fully saturated rings. The second-order valence-corrected chi connectivity index (χ2v) is 7.22. The van der Waals surface area contributed by atoms with Crippen LogP contribution in [0.5, 0.6) is 0 Å². The van der Waals surface area contributed by atoms with Crippen LogP contribution in [0.3, 0.4) is 0 Å². The number of hydrogen-bond donors (Lipinski definition) is 1. The number of furan rings is 1. The molecule has 1 aromatic heterocycles. The number of carbonyl (C=O) groups excluding carboxylic acids is 3. The third kappa shape index (κ3) is 3.22. The minimum absolute atomic E-state index is 0.170. The average molecular weight is 350 g/mol. The number of nitrogens with one attached hydrogen (secondary N) is 1. The quantitative estimate of drug-likeness (QED) is 0.792. The maximum absolute atomic E-state index is 12.7. The van der Waals surface area contributed by atoms with Gasteiger partial charge >= 0.3 is 0 Å². The molecule has 1 aromatic rings. The Labute approximate surface area is 145 Å². The predicted octanol–water partition coefficient (Wildman–Crippen LogP) is 1.80. The van der Waals surface area contributed by atoms with Gasteiger partial charge in [-0.1, -0.05) is 12.8 Å². The first-order valence-electron chi connectivity index (χ1n) is 8.29. The van der Waals surface area contributed by atoms with E-state index in [0.717, 1.165) is 25.7 Å². The van der Waals surface area contributed by atoms with Crippen LogP contribution in [0.25, 0.3) is 0 Å². The van der Waals surface area contributed by atoms with E-state index in [1.54, 1.807) is 18.4 Å². The zero-order valence-electron chi connectivity index (χ0n) is 13.7. The summed E-state index contributed by atoms with van der Waals surface area (Å²) in [6.07, 6.45) is 6.87. The highest BCUT2D eigenvalue weighted by atomic mass is 32.2. The van der Waals surface area contributed by atoms with Crippen molar-refractivity contribution in [2.24, 2.45) is 11.8 Å². The van der Waals surface area contributed by atoms with Gasteiger partial charge in [0, 0.05) is 5.75 Å². The lowest BCUT2D eigenvalue weighted by molar-refractivity contribution is -0.147. The van der Waals surface area contributed by atoms with Crippen LogP contribution >= 0.6 is 11.8 Å². The number of carbonyl (C=O) groups is 3. The summed E-state index contributed by atoms with van der Waals surface area (Å²) in [6.45, 7) is 0.250. The second kappa shape index (κ2) is 7.42. The third-order valence-corrected chi connectivity index (χ3v) is 5.48. The number of thioether (sulfide) groups is 1. The Hall–Kier alpha value is -1.76. The Kier molecular flexibility index (Phi) is 5.28. The number of likely N-dealkylation sites (tertiary alicyclic amines) is 1. The summed E-state index contributed by atoms with van der Waals surface area (Å²) in [5, 5.41) is 2.78. The first kappa shape index (κ1) is 17.1. The largest absolute Gasteiger partial charge is 0.467 e. The smallest absolute Gasteiger partial charge is 0.244 e. The molecule has 130 valence electrons. The van der Waals surface area contributed by atoms with Crippen LogP contribution in [0.1, 0.15) is 31.4 Å². The monoisotopic (exact) mass is 350 g/mol. The molecule has 0 spiro atoms. The van der Waals surface area contributed by atoms with Crippen LogP contribution < -0.4 is 5.32 Å². The molecule has 1 aliphatic heterocycles. The maximum atomic E-state index is 12.7. The number of rotatable bonds is 6. The van der Waals surface area contributed by atoms with Gasteiger partial charge in [0.15, 0.2) is 0 Å². The van der Waals surface area contributed by atoms with Crippen molar-refractivity contribution in [1.29, 1.82) is 0 Å². The van der Waals surface area contributed by atoms with Gasteiger partial charge in [0.05, 0.1) is 24.6 Å². The van der Waals surface area contributed by atoms with Crippen LogP contribution in [-0.4, -0.2) is 40.7 Å². The molecule has 3 rings (SSSR count). The van der Waals surface area contributed by atoms with Crippen molar-refractivity contribution in [1.82, 2.24) is 10.2 Å². The van der Waals surface area contributed by atoms with Gasteiger partial charge in [0.25, 0.3) is 0 Å². The third-order valence-electron chi connectivity index (χ3n) is 4.83. The Morgan fingerprint density at radius 3 is 2.54 bits per heavy atom. The molecule has 2 heterocycles. The topological polar surface area (TPSA) is 79.6 Å². The highest BCUT2D eigenvalue weighted by Crippen LogP contribution is 2.39. The summed E-state index contributed by atoms with van der Waals surface area (Å²) >= 11 is 1.46. The van der Waals surface area contributed by atoms with Crippen molar-refractivity contribution >= 4 is 29.5 Å². The minimum atomic E-state index is -0.749. The summed E-state index contributed by atoms with van der Waals surface area (Å²) in [7, 11) is 0. The van der Waals surface area contributed by atoms with E-state index in [2.05, 4.69) is 5.32 Å². The molecule has 0 bridgehead atoms. The van der Waals surface area contributed by atoms with Crippen molar-refractivity contribution in [3.8, 4) is 0 Å². The van der Waals surface area contributed by atoms with Crippen LogP contribution in [-0.2, 0) is 20.9 Å². The van der Waals surface area contributed by atoms with Crippen molar-refractivity contribution in [2.45, 2.75) is 38.3 Å². The average Bonchev–Trinajstić information content (AvgIpc) is 3.19. The molecule has 0 aromatic carbocycles. The van der Waals surface area contributed by atoms with E-state index >= 15 is 0 Å². The molecule has 24 heavy (non-hydrogen) atoms. The fourth-order valence-electron chi connectivity index (χ4n) is 3.63. The normalized spacial score (nSPS) is 24.8. The zero-order valence-corrected chi connectivity index (χ0v) is 14.5. The van der Waals surface area contributed by atoms with Crippen molar-refractivity contribution in [3.05, 3.63) is 24.2 Å². The molecule has 0 radical (unpaired) electrons. The number of amides is 3. The summed E-state index contributed by atoms with van der Waals surface area (Å²) in [5.74, 6) is -0.0585. The van der Waals surface area contributed by atoms with Gasteiger partial charge in [-0.3, -0.25) is 19.3 Å². The summed E-state index contributed by atoms with van der Waals surface area (Å²) in [4.78, 5) is 39.2. The lowest BCUT2D eigenvalue weighted by atomic mass is 9.81. The molecule has 1 saturated carbocycles. The van der Waals surface area contributed by atoms with E-state index in [4.69, 9.17) is 4.42 Å². The number of hydrogen-bond acceptors (Lipinski definition) is 5. The van der Waals surface area contributed by atoms with Crippen LogP contribution in [0.15, 0.2) is 22.8 Å². The molecule has 1 N–H and O–H groups in total. The highest BCUT2D eigenvalue weighted by molar-refractivity contribution is 7.98. The van der Waals surface area contributed by atoms with E-state index in [1.807, 2.05) is 6.26 Å². The van der Waals surface area contributed by atoms with E-state index in [0.29, 0.717) is 11.5 Å². The molecule has 3 amide bonds. The Morgan fingerprint density at radius 1 is 1.33 bits per heavy atom. The van der Waals surface area contributed by atoms with Crippen molar-refractivity contribution < 1.29 is 18.8 Å². The predicted molar refractivity (Wildman–Crippen MR) is 90.0 cm³/mol. The van der Waals surface area contributed by atoms with Gasteiger partial charge in [-0.15, -0.1) is 0 Å². The Morgan fingerprint density at radius 2 is 2.00 bits per heavy atom. The van der Waals surface area contributed by atoms with Crippen LogP contribution in [0, 0.1) is 11.8 Å². The van der Waals surface area contributed by atoms with Gasteiger partial charge < -0.3 is 9.73 Å². The number of fused-ring (bicyclic) bond motifs is 1. The summed E-state index contributed by atoms with van der Waals surface area (Å²) < 4.78 is 5.20. The number of nitrogens with zero attached hydrogens (tertiary/aromatic N) is 1. The molecule has 1 saturated heterocycles. The molecule has 2 aliphatic rings. The Balaban J connectivity index is 1.73. The first-order valence-corrected chi connectivity index (χ1v) is 9.68. The Bertz CT molecular complexity index is 592. The van der Waals surface area contributed by atoms with E-state index < -0.39 is 6.04 Å². The fourth-order valence-corrected chi connectivity index (χ4v) is 4.24. The molecule has 3 atom stereocenters. The first-order chi connectivity index (χ1) is 11.6. The lowest BCUT2D eigenvalue weighted by Gasteiger charge is -2.25. The van der Waals surface area contributed by atoms with Crippen LogP contribution in [0.2, 0.25) is 0 Å². The maximum Gasteiger partial charge on any atom is 0.244 e. The minimum Gasteiger partial charge on any atom is -0.467 e. The molecule has 7 heteroatoms. The molecule has 3 unspecified atom stereocenters. The van der Waals surface area contributed by atoms with E-state index in [1.165, 1.54) is 16.7 Å². The van der Waals surface area contributed by atoms with Gasteiger partial charge in [0.2, 0.25) is 17.7 Å². The molecule has 6 nitrogen and oxygen atoms in total. The van der Waals surface area contributed by atoms with Gasteiger partial charge in [0.1, 0.15) is 11.8 Å². The highest BCUT2D eigenvalue weighted by Gasteiger charge is 2.51. The van der Waals surface area contributed by atoms with Gasteiger partial charge in [-0.25, -0.2) is 0 Å². The summed E-state index contributed by atoms with van der Waals surface area (Å²) in [5.41, 5.74) is 0. The number of imide groups is 1. The second-order valence-electron chi connectivity index (χ2n) is 6.31. The SMILES string of the molecule is CSCC(C(=O)NCc1ccco1)N1C(=O)C2CCCCC2C1=O.